The van der Waals surface area contributed by atoms with Crippen molar-refractivity contribution in [2.75, 3.05) is 17.8 Å². The Morgan fingerprint density at radius 1 is 1.08 bits per heavy atom. The number of nitrogens with zero attached hydrogens (tertiary/aromatic N) is 2. The van der Waals surface area contributed by atoms with E-state index in [0.29, 0.717) is 4.38 Å². The molecule has 0 saturated heterocycles. The Balaban J connectivity index is 1.81. The Labute approximate surface area is 159 Å². The summed E-state index contributed by atoms with van der Waals surface area (Å²) in [6.07, 6.45) is 3.60. The molecule has 3 aromatic rings. The second-order valence-corrected chi connectivity index (χ2v) is 9.36. The molecule has 25 heavy (non-hydrogen) atoms. The summed E-state index contributed by atoms with van der Waals surface area (Å²) in [5.74, 6) is 0. The summed E-state index contributed by atoms with van der Waals surface area (Å²) < 4.78 is 30.1. The average molecular weight is 410 g/mol. The van der Waals surface area contributed by atoms with Crippen molar-refractivity contribution < 1.29 is 8.42 Å². The van der Waals surface area contributed by atoms with Gasteiger partial charge in [-0.05, 0) is 48.9 Å². The van der Waals surface area contributed by atoms with Crippen LogP contribution in [0.2, 0.25) is 0 Å². The third-order valence-electron chi connectivity index (χ3n) is 3.24. The van der Waals surface area contributed by atoms with E-state index in [1.807, 2.05) is 24.3 Å². The molecule has 5 nitrogen and oxygen atoms in total. The number of para-hydroxylation sites is 1. The first-order chi connectivity index (χ1) is 12.0. The monoisotopic (exact) mass is 409 g/mol. The van der Waals surface area contributed by atoms with Crippen LogP contribution >= 0.6 is 34.9 Å². The van der Waals surface area contributed by atoms with Gasteiger partial charge in [0.1, 0.15) is 4.38 Å². The lowest BCUT2D eigenvalue weighted by molar-refractivity contribution is 0.598. The topological polar surface area (TPSA) is 71.4 Å². The lowest BCUT2D eigenvalue weighted by atomic mass is 10.3. The second-order valence-electron chi connectivity index (χ2n) is 4.88. The predicted octanol–water partition coefficient (Wildman–Crippen LogP) is 4.81. The number of fused-ring (bicyclic) bond motifs is 1. The number of thioether (sulfide) groups is 2. The van der Waals surface area contributed by atoms with Crippen LogP contribution in [0.1, 0.15) is 0 Å². The van der Waals surface area contributed by atoms with Crippen molar-refractivity contribution in [1.82, 2.24) is 4.98 Å². The maximum Gasteiger partial charge on any atom is 0.283 e. The van der Waals surface area contributed by atoms with Gasteiger partial charge in [0, 0.05) is 5.69 Å². The van der Waals surface area contributed by atoms with Crippen LogP contribution in [0, 0.1) is 0 Å². The number of rotatable bonds is 4. The number of aromatic nitrogens is 1. The molecule has 0 aliphatic heterocycles. The van der Waals surface area contributed by atoms with Crippen molar-refractivity contribution in [3.05, 3.63) is 48.5 Å². The molecule has 3 rings (SSSR count). The van der Waals surface area contributed by atoms with Crippen molar-refractivity contribution in [3.8, 4) is 0 Å². The maximum absolute atomic E-state index is 12.3. The minimum atomic E-state index is -3.69. The molecular formula is C16H15N3O2S4. The smallest absolute Gasteiger partial charge is 0.283 e. The Kier molecular flexibility index (Phi) is 5.67. The Morgan fingerprint density at radius 3 is 2.40 bits per heavy atom. The molecule has 0 fully saturated rings. The van der Waals surface area contributed by atoms with E-state index in [-0.39, 0.29) is 4.90 Å². The summed E-state index contributed by atoms with van der Waals surface area (Å²) in [6, 6.07) is 14.4. The average Bonchev–Trinajstić information content (AvgIpc) is 3.02. The SMILES string of the molecule is CSC(=NS(=O)(=O)c1ccc(Nc2nc3ccccc3s2)cc1)SC. The van der Waals surface area contributed by atoms with Gasteiger partial charge in [-0.25, -0.2) is 4.98 Å². The molecule has 130 valence electrons. The van der Waals surface area contributed by atoms with Gasteiger partial charge in [0.2, 0.25) is 0 Å². The summed E-state index contributed by atoms with van der Waals surface area (Å²) in [5.41, 5.74) is 1.71. The molecule has 1 heterocycles. The van der Waals surface area contributed by atoms with Gasteiger partial charge in [0.15, 0.2) is 5.13 Å². The zero-order valence-corrected chi connectivity index (χ0v) is 16.7. The fourth-order valence-electron chi connectivity index (χ4n) is 2.07. The summed E-state index contributed by atoms with van der Waals surface area (Å²) in [6.45, 7) is 0. The van der Waals surface area contributed by atoms with Crippen LogP contribution in [-0.2, 0) is 10.0 Å². The van der Waals surface area contributed by atoms with Gasteiger partial charge in [0.25, 0.3) is 10.0 Å². The third-order valence-corrected chi connectivity index (χ3v) is 7.60. The second kappa shape index (κ2) is 7.77. The van der Waals surface area contributed by atoms with Crippen LogP contribution in [0.3, 0.4) is 0 Å². The van der Waals surface area contributed by atoms with Crippen molar-refractivity contribution in [2.24, 2.45) is 4.40 Å². The number of benzene rings is 2. The Hall–Kier alpha value is -1.55. The quantitative estimate of drug-likeness (QED) is 0.492. The number of hydrogen-bond acceptors (Lipinski definition) is 7. The van der Waals surface area contributed by atoms with Gasteiger partial charge in [-0.3, -0.25) is 0 Å². The molecule has 1 aromatic heterocycles. The maximum atomic E-state index is 12.3. The highest BCUT2D eigenvalue weighted by molar-refractivity contribution is 8.38. The van der Waals surface area contributed by atoms with Gasteiger partial charge in [-0.15, -0.1) is 27.9 Å². The summed E-state index contributed by atoms with van der Waals surface area (Å²) >= 11 is 4.17. The first kappa shape index (κ1) is 18.2. The number of thiazole rings is 1. The normalized spacial score (nSPS) is 11.4. The largest absolute Gasteiger partial charge is 0.332 e. The van der Waals surface area contributed by atoms with Crippen LogP contribution < -0.4 is 5.32 Å². The molecule has 0 saturated carbocycles. The molecule has 0 bridgehead atoms. The standard InChI is InChI=1S/C16H15N3O2S4/c1-22-16(23-2)19-25(20,21)12-9-7-11(8-10-12)17-15-18-13-5-3-4-6-14(13)24-15/h3-10H,1-2H3,(H,17,18). The first-order valence-electron chi connectivity index (χ1n) is 7.17. The number of sulfonamides is 1. The van der Waals surface area contributed by atoms with E-state index < -0.39 is 10.0 Å². The zero-order valence-electron chi connectivity index (χ0n) is 13.5. The van der Waals surface area contributed by atoms with Crippen LogP contribution in [-0.4, -0.2) is 30.3 Å². The van der Waals surface area contributed by atoms with Crippen LogP contribution in [0.5, 0.6) is 0 Å². The fraction of sp³-hybridized carbons (Fsp3) is 0.125. The zero-order chi connectivity index (χ0) is 17.9. The molecule has 2 aromatic carbocycles. The highest BCUT2D eigenvalue weighted by Gasteiger charge is 2.14. The van der Waals surface area contributed by atoms with Crippen LogP contribution in [0.25, 0.3) is 10.2 Å². The summed E-state index contributed by atoms with van der Waals surface area (Å²) in [4.78, 5) is 4.67. The fourth-order valence-corrected chi connectivity index (χ4v) is 5.59. The number of nitrogens with one attached hydrogen (secondary N) is 1. The first-order valence-corrected chi connectivity index (χ1v) is 11.9. The van der Waals surface area contributed by atoms with Crippen molar-refractivity contribution in [1.29, 1.82) is 0 Å². The van der Waals surface area contributed by atoms with Gasteiger partial charge < -0.3 is 5.32 Å². The minimum absolute atomic E-state index is 0.169. The van der Waals surface area contributed by atoms with E-state index in [0.717, 1.165) is 21.0 Å². The van der Waals surface area contributed by atoms with Crippen molar-refractivity contribution in [3.63, 3.8) is 0 Å². The van der Waals surface area contributed by atoms with E-state index in [9.17, 15) is 8.42 Å². The highest BCUT2D eigenvalue weighted by Crippen LogP contribution is 2.28. The van der Waals surface area contributed by atoms with E-state index in [1.165, 1.54) is 23.5 Å². The molecule has 0 unspecified atom stereocenters. The molecule has 0 spiro atoms. The number of hydrogen-bond donors (Lipinski definition) is 1. The van der Waals surface area contributed by atoms with Gasteiger partial charge in [-0.2, -0.15) is 8.42 Å². The van der Waals surface area contributed by atoms with Crippen LogP contribution in [0.4, 0.5) is 10.8 Å². The molecule has 1 N–H and O–H groups in total. The molecular weight excluding hydrogens is 394 g/mol. The Morgan fingerprint density at radius 2 is 1.76 bits per heavy atom. The minimum Gasteiger partial charge on any atom is -0.332 e. The molecule has 0 atom stereocenters. The van der Waals surface area contributed by atoms with E-state index >= 15 is 0 Å². The Bertz CT molecular complexity index is 972. The molecule has 0 amide bonds. The van der Waals surface area contributed by atoms with Gasteiger partial charge >= 0.3 is 0 Å². The van der Waals surface area contributed by atoms with E-state index in [4.69, 9.17) is 0 Å². The lowest BCUT2D eigenvalue weighted by Crippen LogP contribution is -2.00. The lowest BCUT2D eigenvalue weighted by Gasteiger charge is -2.04. The van der Waals surface area contributed by atoms with Gasteiger partial charge in [0.05, 0.1) is 15.1 Å². The number of anilines is 2. The highest BCUT2D eigenvalue weighted by atomic mass is 32.2. The van der Waals surface area contributed by atoms with E-state index in [2.05, 4.69) is 14.7 Å². The molecule has 0 aliphatic rings. The molecule has 9 heteroatoms. The van der Waals surface area contributed by atoms with Gasteiger partial charge in [-0.1, -0.05) is 23.5 Å². The third kappa shape index (κ3) is 4.35. The van der Waals surface area contributed by atoms with Crippen molar-refractivity contribution in [2.45, 2.75) is 4.90 Å². The van der Waals surface area contributed by atoms with E-state index in [1.54, 1.807) is 48.1 Å². The van der Waals surface area contributed by atoms with Crippen LogP contribution in [0.15, 0.2) is 57.8 Å². The summed E-state index contributed by atoms with van der Waals surface area (Å²) in [7, 11) is -3.69. The molecule has 0 radical (unpaired) electrons. The molecule has 0 aliphatic carbocycles. The summed E-state index contributed by atoms with van der Waals surface area (Å²) in [5, 5.41) is 3.97. The predicted molar refractivity (Wildman–Crippen MR) is 111 cm³/mol. The van der Waals surface area contributed by atoms with Crippen molar-refractivity contribution >= 4 is 70.3 Å².